The van der Waals surface area contributed by atoms with E-state index in [1.165, 1.54) is 6.07 Å². The topological polar surface area (TPSA) is 60.2 Å². The summed E-state index contributed by atoms with van der Waals surface area (Å²) in [6, 6.07) is 3.25. The van der Waals surface area contributed by atoms with Crippen molar-refractivity contribution in [3.63, 3.8) is 0 Å². The number of primary sulfonamides is 1. The van der Waals surface area contributed by atoms with Crippen molar-refractivity contribution in [3.8, 4) is 0 Å². The molecule has 0 atom stereocenters. The molecule has 13 heavy (non-hydrogen) atoms. The van der Waals surface area contributed by atoms with Gasteiger partial charge >= 0.3 is 0 Å². The van der Waals surface area contributed by atoms with E-state index < -0.39 is 10.0 Å². The standard InChI is InChI=1S/C7H7Br2NO2S/c1-4-6(9)2-5(8)3-7(4)13(10,11)12/h2-3H,1H3,(H2,10,11,12). The van der Waals surface area contributed by atoms with Gasteiger partial charge in [-0.15, -0.1) is 0 Å². The van der Waals surface area contributed by atoms with Gasteiger partial charge in [0.15, 0.2) is 0 Å². The largest absolute Gasteiger partial charge is 0.238 e. The zero-order chi connectivity index (χ0) is 10.2. The SMILES string of the molecule is Cc1c(Br)cc(Br)cc1S(N)(=O)=O. The number of benzene rings is 1. The van der Waals surface area contributed by atoms with E-state index in [1.54, 1.807) is 13.0 Å². The van der Waals surface area contributed by atoms with Gasteiger partial charge in [-0.3, -0.25) is 0 Å². The highest BCUT2D eigenvalue weighted by molar-refractivity contribution is 9.11. The summed E-state index contributed by atoms with van der Waals surface area (Å²) in [6.45, 7) is 1.69. The van der Waals surface area contributed by atoms with Gasteiger partial charge in [-0.05, 0) is 24.6 Å². The van der Waals surface area contributed by atoms with Gasteiger partial charge in [-0.25, -0.2) is 13.6 Å². The molecule has 1 rings (SSSR count). The molecule has 0 saturated heterocycles. The van der Waals surface area contributed by atoms with Crippen LogP contribution in [0.25, 0.3) is 0 Å². The van der Waals surface area contributed by atoms with Crippen LogP contribution >= 0.6 is 31.9 Å². The van der Waals surface area contributed by atoms with Gasteiger partial charge in [0.1, 0.15) is 0 Å². The molecule has 0 aromatic heterocycles. The molecule has 1 aromatic carbocycles. The van der Waals surface area contributed by atoms with Crippen LogP contribution in [0.2, 0.25) is 0 Å². The van der Waals surface area contributed by atoms with Crippen LogP contribution in [-0.4, -0.2) is 8.42 Å². The molecule has 0 spiro atoms. The summed E-state index contributed by atoms with van der Waals surface area (Å²) in [5.41, 5.74) is 0.616. The Labute approximate surface area is 93.6 Å². The van der Waals surface area contributed by atoms with E-state index in [1.807, 2.05) is 0 Å². The first-order valence-corrected chi connectivity index (χ1v) is 6.44. The highest BCUT2D eigenvalue weighted by Crippen LogP contribution is 2.27. The Morgan fingerprint density at radius 2 is 1.85 bits per heavy atom. The first-order valence-electron chi connectivity index (χ1n) is 3.31. The first kappa shape index (κ1) is 11.2. The van der Waals surface area contributed by atoms with Gasteiger partial charge in [0.05, 0.1) is 4.90 Å². The molecule has 0 aliphatic carbocycles. The summed E-state index contributed by atoms with van der Waals surface area (Å²) in [6.07, 6.45) is 0. The van der Waals surface area contributed by atoms with Crippen LogP contribution in [0.1, 0.15) is 5.56 Å². The molecule has 0 bridgehead atoms. The quantitative estimate of drug-likeness (QED) is 0.858. The van der Waals surface area contributed by atoms with Crippen LogP contribution in [0.3, 0.4) is 0 Å². The fourth-order valence-electron chi connectivity index (χ4n) is 0.918. The van der Waals surface area contributed by atoms with Crippen LogP contribution in [-0.2, 0) is 10.0 Å². The number of hydrogen-bond acceptors (Lipinski definition) is 2. The molecule has 0 amide bonds. The lowest BCUT2D eigenvalue weighted by molar-refractivity contribution is 0.597. The van der Waals surface area contributed by atoms with Crippen molar-refractivity contribution in [3.05, 3.63) is 26.6 Å². The molecule has 6 heteroatoms. The van der Waals surface area contributed by atoms with Gasteiger partial charge in [-0.1, -0.05) is 31.9 Å². The number of hydrogen-bond donors (Lipinski definition) is 1. The lowest BCUT2D eigenvalue weighted by Crippen LogP contribution is -2.13. The molecular formula is C7H7Br2NO2S. The smallest absolute Gasteiger partial charge is 0.225 e. The Balaban J connectivity index is 3.56. The molecular weight excluding hydrogens is 322 g/mol. The Kier molecular flexibility index (Phi) is 3.16. The molecule has 0 unspecified atom stereocenters. The van der Waals surface area contributed by atoms with Gasteiger partial charge < -0.3 is 0 Å². The number of rotatable bonds is 1. The molecule has 1 aromatic rings. The summed E-state index contributed by atoms with van der Waals surface area (Å²) in [5, 5.41) is 5.03. The Morgan fingerprint density at radius 3 is 2.31 bits per heavy atom. The third-order valence-electron chi connectivity index (χ3n) is 1.57. The molecule has 2 N–H and O–H groups in total. The highest BCUT2D eigenvalue weighted by atomic mass is 79.9. The molecule has 72 valence electrons. The molecule has 0 fully saturated rings. The third kappa shape index (κ3) is 2.52. The molecule has 0 aliphatic rings. The normalized spacial score (nSPS) is 11.7. The molecule has 0 saturated carbocycles. The third-order valence-corrected chi connectivity index (χ3v) is 3.89. The highest BCUT2D eigenvalue weighted by Gasteiger charge is 2.14. The van der Waals surface area contributed by atoms with Crippen molar-refractivity contribution in [2.24, 2.45) is 5.14 Å². The van der Waals surface area contributed by atoms with Crippen molar-refractivity contribution >= 4 is 41.9 Å². The van der Waals surface area contributed by atoms with Crippen LogP contribution < -0.4 is 5.14 Å². The van der Waals surface area contributed by atoms with Gasteiger partial charge in [0, 0.05) is 8.95 Å². The second-order valence-electron chi connectivity index (χ2n) is 2.56. The molecule has 0 radical (unpaired) electrons. The second kappa shape index (κ2) is 3.68. The summed E-state index contributed by atoms with van der Waals surface area (Å²) in [4.78, 5) is 0.133. The van der Waals surface area contributed by atoms with Crippen molar-refractivity contribution in [1.82, 2.24) is 0 Å². The van der Waals surface area contributed by atoms with Crippen molar-refractivity contribution in [2.75, 3.05) is 0 Å². The minimum Gasteiger partial charge on any atom is -0.225 e. The monoisotopic (exact) mass is 327 g/mol. The van der Waals surface area contributed by atoms with E-state index in [4.69, 9.17) is 5.14 Å². The van der Waals surface area contributed by atoms with Crippen LogP contribution in [0.4, 0.5) is 0 Å². The average Bonchev–Trinajstić information content (AvgIpc) is 1.94. The van der Waals surface area contributed by atoms with E-state index in [-0.39, 0.29) is 4.90 Å². The minimum absolute atomic E-state index is 0.133. The van der Waals surface area contributed by atoms with E-state index in [0.717, 1.165) is 0 Å². The zero-order valence-electron chi connectivity index (χ0n) is 6.71. The Morgan fingerprint density at radius 1 is 1.31 bits per heavy atom. The summed E-state index contributed by atoms with van der Waals surface area (Å²) in [5.74, 6) is 0. The number of sulfonamides is 1. The number of nitrogens with two attached hydrogens (primary N) is 1. The zero-order valence-corrected chi connectivity index (χ0v) is 10.7. The maximum absolute atomic E-state index is 11.1. The van der Waals surface area contributed by atoms with Gasteiger partial charge in [0.25, 0.3) is 0 Å². The first-order chi connectivity index (χ1) is 5.82. The lowest BCUT2D eigenvalue weighted by atomic mass is 10.2. The molecule has 3 nitrogen and oxygen atoms in total. The Hall–Kier alpha value is 0.0900. The van der Waals surface area contributed by atoms with Crippen LogP contribution in [0.5, 0.6) is 0 Å². The van der Waals surface area contributed by atoms with Gasteiger partial charge in [0.2, 0.25) is 10.0 Å². The predicted octanol–water partition coefficient (Wildman–Crippen LogP) is 2.17. The fraction of sp³-hybridized carbons (Fsp3) is 0.143. The van der Waals surface area contributed by atoms with E-state index in [9.17, 15) is 8.42 Å². The summed E-state index contributed by atoms with van der Waals surface area (Å²) in [7, 11) is -3.64. The lowest BCUT2D eigenvalue weighted by Gasteiger charge is -2.05. The maximum atomic E-state index is 11.1. The maximum Gasteiger partial charge on any atom is 0.238 e. The second-order valence-corrected chi connectivity index (χ2v) is 5.86. The van der Waals surface area contributed by atoms with Crippen LogP contribution in [0.15, 0.2) is 26.0 Å². The summed E-state index contributed by atoms with van der Waals surface area (Å²) >= 11 is 6.43. The van der Waals surface area contributed by atoms with Crippen molar-refractivity contribution in [1.29, 1.82) is 0 Å². The van der Waals surface area contributed by atoms with Crippen LogP contribution in [0, 0.1) is 6.92 Å². The van der Waals surface area contributed by atoms with E-state index in [2.05, 4.69) is 31.9 Å². The van der Waals surface area contributed by atoms with Crippen molar-refractivity contribution in [2.45, 2.75) is 11.8 Å². The molecule has 0 aliphatic heterocycles. The fourth-order valence-corrected chi connectivity index (χ4v) is 3.25. The summed E-state index contributed by atoms with van der Waals surface area (Å²) < 4.78 is 23.6. The van der Waals surface area contributed by atoms with E-state index in [0.29, 0.717) is 14.5 Å². The Bertz CT molecular complexity index is 442. The van der Waals surface area contributed by atoms with Crippen molar-refractivity contribution < 1.29 is 8.42 Å². The number of halogens is 2. The van der Waals surface area contributed by atoms with E-state index >= 15 is 0 Å². The average molecular weight is 329 g/mol. The molecule has 0 heterocycles. The van der Waals surface area contributed by atoms with Gasteiger partial charge in [-0.2, -0.15) is 0 Å². The predicted molar refractivity (Wildman–Crippen MR) is 58.0 cm³/mol. The minimum atomic E-state index is -3.64.